The van der Waals surface area contributed by atoms with Crippen LogP contribution in [-0.4, -0.2) is 62.9 Å². The van der Waals surface area contributed by atoms with Gasteiger partial charge >= 0.3 is 0 Å². The second-order valence-corrected chi connectivity index (χ2v) is 14.2. The van der Waals surface area contributed by atoms with Gasteiger partial charge in [-0.3, -0.25) is 9.52 Å². The van der Waals surface area contributed by atoms with Crippen LogP contribution in [0.1, 0.15) is 88.6 Å². The molecule has 1 saturated carbocycles. The lowest BCUT2D eigenvalue weighted by Crippen LogP contribution is -2.31. The third-order valence-corrected chi connectivity index (χ3v) is 9.98. The largest absolute Gasteiger partial charge is 0.357 e. The van der Waals surface area contributed by atoms with E-state index in [9.17, 15) is 4.79 Å². The lowest BCUT2D eigenvalue weighted by Gasteiger charge is -2.26. The summed E-state index contributed by atoms with van der Waals surface area (Å²) in [5.41, 5.74) is 2.22. The lowest BCUT2D eigenvalue weighted by atomic mass is 9.41. The van der Waals surface area contributed by atoms with Crippen molar-refractivity contribution in [2.24, 2.45) is 0 Å². The molecule has 2 fully saturated rings. The molecule has 1 aliphatic carbocycles. The third-order valence-electron chi connectivity index (χ3n) is 7.46. The van der Waals surface area contributed by atoms with Crippen molar-refractivity contribution in [1.29, 1.82) is 0 Å². The number of carbonyl (C=O) groups is 1. The third kappa shape index (κ3) is 7.84. The number of aromatic nitrogens is 3. The van der Waals surface area contributed by atoms with E-state index in [0.717, 1.165) is 89.8 Å². The Kier molecular flexibility index (Phi) is 9.81. The van der Waals surface area contributed by atoms with Crippen molar-refractivity contribution < 1.29 is 9.53 Å². The van der Waals surface area contributed by atoms with Crippen LogP contribution in [-0.2, 0) is 14.6 Å². The van der Waals surface area contributed by atoms with Gasteiger partial charge in [0.25, 0.3) is 0 Å². The van der Waals surface area contributed by atoms with Gasteiger partial charge in [-0.15, -0.1) is 11.3 Å². The van der Waals surface area contributed by atoms with Crippen molar-refractivity contribution in [2.75, 3.05) is 11.9 Å². The van der Waals surface area contributed by atoms with Gasteiger partial charge in [0.15, 0.2) is 5.82 Å². The Hall–Kier alpha value is -2.21. The average Bonchev–Trinajstić information content (AvgIpc) is 3.61. The van der Waals surface area contributed by atoms with Crippen LogP contribution < -0.4 is 15.4 Å². The van der Waals surface area contributed by atoms with Crippen LogP contribution in [0.25, 0.3) is 10.4 Å². The van der Waals surface area contributed by atoms with Gasteiger partial charge in [-0.25, -0.2) is 9.67 Å². The summed E-state index contributed by atoms with van der Waals surface area (Å²) >= 11 is 3.16. The predicted molar refractivity (Wildman–Crippen MR) is 174 cm³/mol. The van der Waals surface area contributed by atoms with Crippen molar-refractivity contribution in [1.82, 2.24) is 24.8 Å². The molecule has 5 rings (SSSR count). The number of hydrogen-bond donors (Lipinski definition) is 3. The second-order valence-electron chi connectivity index (χ2n) is 12.3. The summed E-state index contributed by atoms with van der Waals surface area (Å²) in [4.78, 5) is 17.7. The minimum Gasteiger partial charge on any atom is -0.357 e. The van der Waals surface area contributed by atoms with Crippen LogP contribution in [0, 0.1) is 0 Å². The van der Waals surface area contributed by atoms with Gasteiger partial charge < -0.3 is 15.4 Å². The number of anilines is 2. The fraction of sp³-hybridized carbons (Fsp3) is 0.552. The first-order valence-corrected chi connectivity index (χ1v) is 16.2. The predicted octanol–water partition coefficient (Wildman–Crippen LogP) is 5.23. The van der Waals surface area contributed by atoms with Gasteiger partial charge in [0.1, 0.15) is 6.23 Å². The fourth-order valence-electron chi connectivity index (χ4n) is 5.32. The van der Waals surface area contributed by atoms with Crippen molar-refractivity contribution >= 4 is 64.7 Å². The van der Waals surface area contributed by atoms with Crippen molar-refractivity contribution in [2.45, 2.75) is 99.5 Å². The van der Waals surface area contributed by atoms with E-state index in [2.05, 4.69) is 48.3 Å². The molecule has 42 heavy (non-hydrogen) atoms. The Labute approximate surface area is 261 Å². The highest BCUT2D eigenvalue weighted by molar-refractivity contribution is 7.97. The molecule has 6 radical (unpaired) electrons. The van der Waals surface area contributed by atoms with Crippen LogP contribution in [0.15, 0.2) is 35.4 Å². The first-order valence-electron chi connectivity index (χ1n) is 14.6. The molecule has 13 heteroatoms. The lowest BCUT2D eigenvalue weighted by molar-refractivity contribution is -0.110. The summed E-state index contributed by atoms with van der Waals surface area (Å²) in [5.74, 6) is 1.02. The monoisotopic (exact) mass is 598 g/mol. The van der Waals surface area contributed by atoms with E-state index in [1.54, 1.807) is 23.3 Å². The molecule has 3 N–H and O–H groups in total. The van der Waals surface area contributed by atoms with Crippen molar-refractivity contribution in [3.8, 4) is 10.4 Å². The number of benzene rings is 1. The number of thiazole rings is 1. The highest BCUT2D eigenvalue weighted by Crippen LogP contribution is 2.44. The fourth-order valence-corrected chi connectivity index (χ4v) is 7.62. The first-order chi connectivity index (χ1) is 20.0. The topological polar surface area (TPSA) is 93.1 Å². The maximum atomic E-state index is 10.9. The van der Waals surface area contributed by atoms with E-state index in [4.69, 9.17) is 38.4 Å². The normalized spacial score (nSPS) is 21.6. The Morgan fingerprint density at radius 1 is 1.10 bits per heavy atom. The summed E-state index contributed by atoms with van der Waals surface area (Å²) in [6.45, 7) is 7.14. The molecule has 1 amide bonds. The van der Waals surface area contributed by atoms with E-state index in [0.29, 0.717) is 5.69 Å². The summed E-state index contributed by atoms with van der Waals surface area (Å²) in [6.07, 6.45) is 9.62. The number of ether oxygens (including phenoxy) is 1. The van der Waals surface area contributed by atoms with E-state index in [1.165, 1.54) is 0 Å². The molecule has 3 heterocycles. The average molecular weight is 598 g/mol. The minimum absolute atomic E-state index is 0.0156. The van der Waals surface area contributed by atoms with Gasteiger partial charge in [0.05, 0.1) is 33.4 Å². The Morgan fingerprint density at radius 2 is 1.88 bits per heavy atom. The molecule has 1 aliphatic heterocycles. The molecule has 1 aromatic carbocycles. The number of hydrogen-bond acceptors (Lipinski definition) is 8. The molecule has 216 valence electrons. The number of nitrogens with one attached hydrogen (secondary N) is 3. The summed E-state index contributed by atoms with van der Waals surface area (Å²) in [6, 6.07) is 8.36. The Bertz CT molecular complexity index is 1360. The van der Waals surface area contributed by atoms with E-state index < -0.39 is 5.11 Å². The molecule has 2 aromatic heterocycles. The zero-order valence-corrected chi connectivity index (χ0v) is 26.2. The quantitative estimate of drug-likeness (QED) is 0.167. The van der Waals surface area contributed by atoms with Crippen LogP contribution in [0.2, 0.25) is 0 Å². The van der Waals surface area contributed by atoms with E-state index in [-0.39, 0.29) is 23.7 Å². The Morgan fingerprint density at radius 3 is 2.55 bits per heavy atom. The molecule has 1 unspecified atom stereocenters. The highest BCUT2D eigenvalue weighted by atomic mass is 32.2. The molecule has 3 aromatic rings. The number of carbonyl (C=O) groups excluding carboxylic acids is 1. The maximum absolute atomic E-state index is 10.9. The molecular formula is C29H37B3N6O2S2. The van der Waals surface area contributed by atoms with Gasteiger partial charge in [-0.1, -0.05) is 11.2 Å². The maximum Gasteiger partial charge on any atom is 0.207 e. The molecule has 0 bridgehead atoms. The molecule has 1 atom stereocenters. The molecular weight excluding hydrogens is 561 g/mol. The minimum atomic E-state index is -1.59. The molecule has 0 spiro atoms. The standard InChI is InChI=1S/C29H37B3N6O2S2/c1-28(2,3)37-42-22-16-20(34-23-13-14-38(36-23)24-6-4-5-15-40-24)11-12-21(22)25-26(29(30,31)32)35-27(41-25)18-7-9-19(10-8-18)33-17-39/h11-14,16-19,24,37H,4-10,15H2,1-3H3,(H,33,39)(H,34,36). The molecule has 1 saturated heterocycles. The van der Waals surface area contributed by atoms with E-state index >= 15 is 0 Å². The number of rotatable bonds is 10. The van der Waals surface area contributed by atoms with Crippen molar-refractivity contribution in [3.05, 3.63) is 41.2 Å². The van der Waals surface area contributed by atoms with Crippen LogP contribution in [0.5, 0.6) is 0 Å². The summed E-state index contributed by atoms with van der Waals surface area (Å²) < 4.78 is 11.3. The Balaban J connectivity index is 1.44. The van der Waals surface area contributed by atoms with Gasteiger partial charge in [-0.05, 0) is 89.8 Å². The number of nitrogens with zero attached hydrogens (tertiary/aromatic N) is 3. The van der Waals surface area contributed by atoms with Crippen molar-refractivity contribution in [3.63, 3.8) is 0 Å². The zero-order chi connectivity index (χ0) is 29.9. The SMILES string of the molecule is [B]C([B])([B])c1nc(C2CCC(NC=O)CC2)sc1-c1ccc(Nc2ccn(C3CCCCO3)n2)cc1SNC(C)(C)C. The molecule has 2 aliphatic rings. The first kappa shape index (κ1) is 31.2. The molecule has 8 nitrogen and oxygen atoms in total. The summed E-state index contributed by atoms with van der Waals surface area (Å²) in [7, 11) is 18.9. The van der Waals surface area contributed by atoms with Crippen LogP contribution >= 0.6 is 23.3 Å². The van der Waals surface area contributed by atoms with Gasteiger partial charge in [0.2, 0.25) is 6.41 Å². The number of amides is 1. The van der Waals surface area contributed by atoms with Crippen LogP contribution in [0.4, 0.5) is 11.5 Å². The van der Waals surface area contributed by atoms with E-state index in [1.807, 2.05) is 23.0 Å². The zero-order valence-electron chi connectivity index (χ0n) is 24.6. The smallest absolute Gasteiger partial charge is 0.207 e. The second kappa shape index (κ2) is 13.2. The highest BCUT2D eigenvalue weighted by Gasteiger charge is 2.30. The van der Waals surface area contributed by atoms with Crippen LogP contribution in [0.3, 0.4) is 0 Å². The van der Waals surface area contributed by atoms with Gasteiger partial charge in [0, 0.05) is 58.2 Å². The summed E-state index contributed by atoms with van der Waals surface area (Å²) in [5, 5.41) is 10.5. The van der Waals surface area contributed by atoms with Gasteiger partial charge in [-0.2, -0.15) is 5.10 Å².